The smallest absolute Gasteiger partial charge is 0.143 e. The summed E-state index contributed by atoms with van der Waals surface area (Å²) in [6.07, 6.45) is 0. The molecule has 0 amide bonds. The molecule has 0 atom stereocenters. The van der Waals surface area contributed by atoms with Crippen LogP contribution in [0.5, 0.6) is 0 Å². The Labute approximate surface area is 293 Å². The highest BCUT2D eigenvalue weighted by Crippen LogP contribution is 2.47. The minimum Gasteiger partial charge on any atom is -0.455 e. The van der Waals surface area contributed by atoms with Crippen LogP contribution in [0.25, 0.3) is 99.2 Å². The van der Waals surface area contributed by atoms with Crippen LogP contribution in [-0.4, -0.2) is 9.13 Å². The fourth-order valence-corrected chi connectivity index (χ4v) is 8.36. The summed E-state index contributed by atoms with van der Waals surface area (Å²) in [5.41, 5.74) is 13.3. The van der Waals surface area contributed by atoms with Gasteiger partial charge in [-0.3, -0.25) is 0 Å². The lowest BCUT2D eigenvalue weighted by Crippen LogP contribution is -1.97. The number of hydrogen-bond acceptors (Lipinski definition) is 1. The van der Waals surface area contributed by atoms with Gasteiger partial charge in [-0.25, -0.2) is 0 Å². The Balaban J connectivity index is 1.34. The number of nitrogens with zero attached hydrogens (tertiary/aromatic N) is 2. The molecule has 0 saturated carbocycles. The van der Waals surface area contributed by atoms with Crippen LogP contribution in [0.3, 0.4) is 0 Å². The van der Waals surface area contributed by atoms with Crippen molar-refractivity contribution >= 4 is 65.6 Å². The number of benzene rings is 8. The lowest BCUT2D eigenvalue weighted by Gasteiger charge is -2.16. The number of furan rings is 1. The van der Waals surface area contributed by atoms with E-state index in [2.05, 4.69) is 185 Å². The normalized spacial score (nSPS) is 11.9. The van der Waals surface area contributed by atoms with E-state index in [4.69, 9.17) is 4.42 Å². The molecule has 8 aromatic carbocycles. The third-order valence-electron chi connectivity index (χ3n) is 10.5. The van der Waals surface area contributed by atoms with Crippen LogP contribution in [0.1, 0.15) is 0 Å². The van der Waals surface area contributed by atoms with Gasteiger partial charge >= 0.3 is 0 Å². The second-order valence-corrected chi connectivity index (χ2v) is 13.3. The fourth-order valence-electron chi connectivity index (χ4n) is 8.36. The van der Waals surface area contributed by atoms with E-state index in [-0.39, 0.29) is 0 Å². The molecule has 3 heteroatoms. The van der Waals surface area contributed by atoms with Crippen LogP contribution in [-0.2, 0) is 0 Å². The summed E-state index contributed by atoms with van der Waals surface area (Å²) in [6.45, 7) is 0. The predicted octanol–water partition coefficient (Wildman–Crippen LogP) is 13.1. The number of rotatable bonds is 4. The third-order valence-corrected chi connectivity index (χ3v) is 10.5. The highest BCUT2D eigenvalue weighted by Gasteiger charge is 2.23. The first kappa shape index (κ1) is 28.0. The molecule has 0 unspecified atom stereocenters. The van der Waals surface area contributed by atoms with Gasteiger partial charge in [-0.2, -0.15) is 0 Å². The summed E-state index contributed by atoms with van der Waals surface area (Å²) in [6, 6.07) is 65.5. The SMILES string of the molecule is c1ccc(-n2c3ccccc3c3cc(-c4cccc5c6ccccc6n(-c6ccccc6)c45)c(-c4cccc5c4oc4ccccc45)cc32)cc1. The van der Waals surface area contributed by atoms with Crippen LogP contribution >= 0.6 is 0 Å². The van der Waals surface area contributed by atoms with Gasteiger partial charge in [0.05, 0.1) is 22.1 Å². The van der Waals surface area contributed by atoms with Crippen molar-refractivity contribution in [2.24, 2.45) is 0 Å². The number of aromatic nitrogens is 2. The van der Waals surface area contributed by atoms with Gasteiger partial charge in [-0.15, -0.1) is 0 Å². The highest BCUT2D eigenvalue weighted by atomic mass is 16.3. The van der Waals surface area contributed by atoms with Gasteiger partial charge in [0.1, 0.15) is 11.2 Å². The maximum absolute atomic E-state index is 6.73. The van der Waals surface area contributed by atoms with E-state index in [9.17, 15) is 0 Å². The van der Waals surface area contributed by atoms with Crippen molar-refractivity contribution in [1.82, 2.24) is 9.13 Å². The maximum Gasteiger partial charge on any atom is 0.143 e. The molecule has 0 N–H and O–H groups in total. The van der Waals surface area contributed by atoms with Gasteiger partial charge in [-0.1, -0.05) is 127 Å². The Kier molecular flexibility index (Phi) is 5.96. The predicted molar refractivity (Wildman–Crippen MR) is 213 cm³/mol. The molecular weight excluding hydrogens is 621 g/mol. The second kappa shape index (κ2) is 10.8. The molecule has 0 spiro atoms. The first-order chi connectivity index (χ1) is 25.3. The Morgan fingerprint density at radius 3 is 1.59 bits per heavy atom. The highest BCUT2D eigenvalue weighted by molar-refractivity contribution is 6.19. The molecule has 3 nitrogen and oxygen atoms in total. The van der Waals surface area contributed by atoms with E-state index in [1.807, 2.05) is 6.07 Å². The van der Waals surface area contributed by atoms with Crippen molar-refractivity contribution in [3.8, 4) is 33.6 Å². The Bertz CT molecular complexity index is 3130. The zero-order chi connectivity index (χ0) is 33.5. The standard InChI is InChI=1S/C48H30N2O/c1-3-15-31(16-4-1)49-43-26-10-8-20-34(43)42-29-40(41(30-45(42)49)39-25-14-24-38-35-21-9-12-28-46(35)51-48(38)39)37-23-13-22-36-33-19-7-11-27-44(33)50(47(36)37)32-17-5-2-6-18-32/h1-30H. The maximum atomic E-state index is 6.73. The van der Waals surface area contributed by atoms with E-state index in [0.29, 0.717) is 0 Å². The third kappa shape index (κ3) is 4.06. The molecule has 11 aromatic rings. The van der Waals surface area contributed by atoms with E-state index in [0.717, 1.165) is 55.5 Å². The number of para-hydroxylation sites is 7. The van der Waals surface area contributed by atoms with Gasteiger partial charge in [-0.05, 0) is 65.7 Å². The van der Waals surface area contributed by atoms with Crippen molar-refractivity contribution in [2.45, 2.75) is 0 Å². The molecule has 3 aromatic heterocycles. The van der Waals surface area contributed by atoms with Gasteiger partial charge in [0.25, 0.3) is 0 Å². The molecular formula is C48H30N2O. The topological polar surface area (TPSA) is 23.0 Å². The molecule has 0 radical (unpaired) electrons. The van der Waals surface area contributed by atoms with Crippen molar-refractivity contribution in [3.05, 3.63) is 182 Å². The Hall–Kier alpha value is -6.84. The van der Waals surface area contributed by atoms with Gasteiger partial charge in [0, 0.05) is 54.8 Å². The lowest BCUT2D eigenvalue weighted by atomic mass is 9.90. The van der Waals surface area contributed by atoms with Crippen molar-refractivity contribution in [3.63, 3.8) is 0 Å². The minimum atomic E-state index is 0.896. The van der Waals surface area contributed by atoms with Crippen LogP contribution in [0.4, 0.5) is 0 Å². The quantitative estimate of drug-likeness (QED) is 0.186. The van der Waals surface area contributed by atoms with E-state index < -0.39 is 0 Å². The molecule has 238 valence electrons. The van der Waals surface area contributed by atoms with Crippen molar-refractivity contribution in [1.29, 1.82) is 0 Å². The molecule has 0 aliphatic heterocycles. The largest absolute Gasteiger partial charge is 0.455 e. The average molecular weight is 651 g/mol. The average Bonchev–Trinajstić information content (AvgIpc) is 3.86. The first-order valence-electron chi connectivity index (χ1n) is 17.4. The Morgan fingerprint density at radius 1 is 0.314 bits per heavy atom. The van der Waals surface area contributed by atoms with Gasteiger partial charge in [0.15, 0.2) is 0 Å². The van der Waals surface area contributed by atoms with E-state index in [1.165, 1.54) is 43.7 Å². The van der Waals surface area contributed by atoms with Crippen LogP contribution in [0, 0.1) is 0 Å². The molecule has 0 aliphatic rings. The first-order valence-corrected chi connectivity index (χ1v) is 17.4. The zero-order valence-corrected chi connectivity index (χ0v) is 27.6. The summed E-state index contributed by atoms with van der Waals surface area (Å²) < 4.78 is 11.6. The van der Waals surface area contributed by atoms with Crippen molar-refractivity contribution in [2.75, 3.05) is 0 Å². The molecule has 0 fully saturated rings. The second-order valence-electron chi connectivity index (χ2n) is 13.3. The summed E-state index contributed by atoms with van der Waals surface area (Å²) in [4.78, 5) is 0. The van der Waals surface area contributed by atoms with Crippen LogP contribution in [0.2, 0.25) is 0 Å². The molecule has 51 heavy (non-hydrogen) atoms. The summed E-state index contributed by atoms with van der Waals surface area (Å²) in [5.74, 6) is 0. The van der Waals surface area contributed by atoms with Gasteiger partial charge < -0.3 is 13.6 Å². The van der Waals surface area contributed by atoms with Crippen molar-refractivity contribution < 1.29 is 4.42 Å². The monoisotopic (exact) mass is 650 g/mol. The summed E-state index contributed by atoms with van der Waals surface area (Å²) in [5, 5.41) is 7.15. The van der Waals surface area contributed by atoms with E-state index in [1.54, 1.807) is 0 Å². The number of fused-ring (bicyclic) bond motifs is 9. The molecule has 0 aliphatic carbocycles. The lowest BCUT2D eigenvalue weighted by molar-refractivity contribution is 0.670. The summed E-state index contributed by atoms with van der Waals surface area (Å²) >= 11 is 0. The molecule has 0 bridgehead atoms. The molecule has 11 rings (SSSR count). The minimum absolute atomic E-state index is 0.896. The molecule has 3 heterocycles. The number of hydrogen-bond donors (Lipinski definition) is 0. The summed E-state index contributed by atoms with van der Waals surface area (Å²) in [7, 11) is 0. The molecule has 0 saturated heterocycles. The van der Waals surface area contributed by atoms with Gasteiger partial charge in [0.2, 0.25) is 0 Å². The fraction of sp³-hybridized carbons (Fsp3) is 0. The van der Waals surface area contributed by atoms with E-state index >= 15 is 0 Å². The van der Waals surface area contributed by atoms with Crippen LogP contribution in [0.15, 0.2) is 186 Å². The Morgan fingerprint density at radius 2 is 0.843 bits per heavy atom. The van der Waals surface area contributed by atoms with Crippen LogP contribution < -0.4 is 0 Å². The zero-order valence-electron chi connectivity index (χ0n) is 27.6.